The van der Waals surface area contributed by atoms with Crippen molar-refractivity contribution in [1.29, 1.82) is 0 Å². The van der Waals surface area contributed by atoms with Crippen molar-refractivity contribution >= 4 is 6.16 Å². The number of carbonyl (C=O) groups excluding carboxylic acids is 1. The molecule has 5 heteroatoms. The van der Waals surface area contributed by atoms with Gasteiger partial charge in [0.05, 0.1) is 6.61 Å². The Labute approximate surface area is 80.6 Å². The van der Waals surface area contributed by atoms with Crippen LogP contribution in [-0.2, 0) is 18.9 Å². The second-order valence-corrected chi connectivity index (χ2v) is 3.64. The molecule has 14 heavy (non-hydrogen) atoms. The van der Waals surface area contributed by atoms with Crippen LogP contribution in [0.4, 0.5) is 4.79 Å². The second-order valence-electron chi connectivity index (χ2n) is 3.64. The molecule has 0 aliphatic carbocycles. The van der Waals surface area contributed by atoms with Crippen LogP contribution in [0.5, 0.6) is 0 Å². The third-order valence-electron chi connectivity index (χ3n) is 2.83. The molecule has 0 radical (unpaired) electrons. The van der Waals surface area contributed by atoms with E-state index in [0.29, 0.717) is 13.0 Å². The van der Waals surface area contributed by atoms with Crippen LogP contribution in [0, 0.1) is 0 Å². The van der Waals surface area contributed by atoms with Crippen molar-refractivity contribution in [2.24, 2.45) is 0 Å². The lowest BCUT2D eigenvalue weighted by atomic mass is 10.00. The van der Waals surface area contributed by atoms with Crippen LogP contribution in [0.15, 0.2) is 12.7 Å². The fourth-order valence-corrected chi connectivity index (χ4v) is 2.27. The zero-order valence-electron chi connectivity index (χ0n) is 7.47. The van der Waals surface area contributed by atoms with E-state index in [9.17, 15) is 4.79 Å². The zero-order valence-corrected chi connectivity index (χ0v) is 7.47. The maximum atomic E-state index is 10.9. The van der Waals surface area contributed by atoms with Crippen molar-refractivity contribution in [1.82, 2.24) is 0 Å². The molecule has 0 amide bonds. The molecular formula is C9H10O5. The van der Waals surface area contributed by atoms with Crippen molar-refractivity contribution in [3.63, 3.8) is 0 Å². The summed E-state index contributed by atoms with van der Waals surface area (Å²) in [6, 6.07) is 0. The van der Waals surface area contributed by atoms with Crippen LogP contribution in [0.25, 0.3) is 0 Å². The van der Waals surface area contributed by atoms with E-state index in [1.54, 1.807) is 6.08 Å². The van der Waals surface area contributed by atoms with E-state index in [2.05, 4.69) is 6.58 Å². The van der Waals surface area contributed by atoms with Gasteiger partial charge in [-0.3, -0.25) is 0 Å². The van der Waals surface area contributed by atoms with Crippen molar-refractivity contribution in [2.45, 2.75) is 30.5 Å². The number of carbonyl (C=O) groups is 1. The summed E-state index contributed by atoms with van der Waals surface area (Å²) in [5.74, 6) is -0.844. The summed E-state index contributed by atoms with van der Waals surface area (Å²) in [4.78, 5) is 10.9. The molecule has 3 aliphatic rings. The van der Waals surface area contributed by atoms with E-state index in [0.717, 1.165) is 0 Å². The Bertz CT molecular complexity index is 302. The summed E-state index contributed by atoms with van der Waals surface area (Å²) in [6.45, 7) is 4.08. The van der Waals surface area contributed by atoms with E-state index < -0.39 is 18.0 Å². The largest absolute Gasteiger partial charge is 0.509 e. The number of ether oxygens (including phenoxy) is 4. The smallest absolute Gasteiger partial charge is 0.424 e. The van der Waals surface area contributed by atoms with Gasteiger partial charge in [0.25, 0.3) is 0 Å². The third kappa shape index (κ3) is 0.835. The van der Waals surface area contributed by atoms with Gasteiger partial charge >= 0.3 is 6.16 Å². The highest BCUT2D eigenvalue weighted by atomic mass is 16.8. The molecule has 0 spiro atoms. The summed E-state index contributed by atoms with van der Waals surface area (Å²) in [5.41, 5.74) is 0. The lowest BCUT2D eigenvalue weighted by molar-refractivity contribution is -0.189. The Balaban J connectivity index is 1.92. The minimum atomic E-state index is -0.844. The summed E-state index contributed by atoms with van der Waals surface area (Å²) in [5, 5.41) is 0. The third-order valence-corrected chi connectivity index (χ3v) is 2.83. The van der Waals surface area contributed by atoms with Gasteiger partial charge in [-0.2, -0.15) is 0 Å². The Hall–Kier alpha value is -1.07. The van der Waals surface area contributed by atoms with E-state index in [1.807, 2.05) is 0 Å². The van der Waals surface area contributed by atoms with Gasteiger partial charge in [-0.25, -0.2) is 4.79 Å². The van der Waals surface area contributed by atoms with Gasteiger partial charge in [0.2, 0.25) is 5.79 Å². The van der Waals surface area contributed by atoms with Gasteiger partial charge in [0, 0.05) is 6.42 Å². The van der Waals surface area contributed by atoms with Crippen LogP contribution in [0.1, 0.15) is 6.42 Å². The van der Waals surface area contributed by atoms with Crippen LogP contribution < -0.4 is 0 Å². The summed E-state index contributed by atoms with van der Waals surface area (Å²) in [6.07, 6.45) is 0.625. The van der Waals surface area contributed by atoms with Crippen LogP contribution >= 0.6 is 0 Å². The molecule has 5 nitrogen and oxygen atoms in total. The van der Waals surface area contributed by atoms with Gasteiger partial charge in [-0.15, -0.1) is 6.58 Å². The molecule has 0 aromatic heterocycles. The Kier molecular flexibility index (Phi) is 1.47. The number of hydrogen-bond acceptors (Lipinski definition) is 5. The van der Waals surface area contributed by atoms with Crippen LogP contribution in [0.2, 0.25) is 0 Å². The lowest BCUT2D eigenvalue weighted by Gasteiger charge is -2.28. The Morgan fingerprint density at radius 1 is 1.57 bits per heavy atom. The fourth-order valence-electron chi connectivity index (χ4n) is 2.27. The van der Waals surface area contributed by atoms with Crippen molar-refractivity contribution in [3.05, 3.63) is 12.7 Å². The average Bonchev–Trinajstić information content (AvgIpc) is 2.74. The number of fused-ring (bicyclic) bond motifs is 5. The first-order chi connectivity index (χ1) is 6.75. The topological polar surface area (TPSA) is 54.0 Å². The summed E-state index contributed by atoms with van der Waals surface area (Å²) in [7, 11) is 0. The highest BCUT2D eigenvalue weighted by molar-refractivity contribution is 5.63. The van der Waals surface area contributed by atoms with Crippen LogP contribution in [0.3, 0.4) is 0 Å². The Morgan fingerprint density at radius 2 is 2.43 bits per heavy atom. The normalized spacial score (nSPS) is 48.6. The predicted molar refractivity (Wildman–Crippen MR) is 43.5 cm³/mol. The van der Waals surface area contributed by atoms with Gasteiger partial charge in [0.1, 0.15) is 6.10 Å². The fraction of sp³-hybridized carbons (Fsp3) is 0.667. The predicted octanol–water partition coefficient (Wildman–Crippen LogP) is 0.592. The van der Waals surface area contributed by atoms with Crippen molar-refractivity contribution < 1.29 is 23.7 Å². The zero-order chi connectivity index (χ0) is 9.76. The first-order valence-electron chi connectivity index (χ1n) is 4.55. The van der Waals surface area contributed by atoms with E-state index in [-0.39, 0.29) is 12.2 Å². The monoisotopic (exact) mass is 198 g/mol. The standard InChI is InChI=1S/C9H10O5/c1-2-3-9-7-6(12-8(10)13-7)5(14-9)4-11-9/h2,5-7H,1,3-4H2/t5-,6-,7-,9-/m1/s1. The molecule has 0 saturated carbocycles. The molecule has 3 rings (SSSR count). The van der Waals surface area contributed by atoms with Crippen molar-refractivity contribution in [2.75, 3.05) is 6.61 Å². The second kappa shape index (κ2) is 2.49. The first kappa shape index (κ1) is 8.26. The van der Waals surface area contributed by atoms with Crippen molar-refractivity contribution in [3.8, 4) is 0 Å². The first-order valence-corrected chi connectivity index (χ1v) is 4.55. The highest BCUT2D eigenvalue weighted by Gasteiger charge is 2.67. The van der Waals surface area contributed by atoms with Gasteiger partial charge in [-0.05, 0) is 0 Å². The number of hydrogen-bond donors (Lipinski definition) is 0. The molecule has 3 heterocycles. The molecule has 3 fully saturated rings. The minimum absolute atomic E-state index is 0.189. The molecular weight excluding hydrogens is 188 g/mol. The maximum absolute atomic E-state index is 10.9. The lowest BCUT2D eigenvalue weighted by Crippen LogP contribution is -2.46. The molecule has 0 N–H and O–H groups in total. The molecule has 0 aromatic carbocycles. The SMILES string of the molecule is C=CC[C@@]12OC[C@@H](O1)[C@H]1OC(=O)O[C@H]12. The summed E-state index contributed by atoms with van der Waals surface area (Å²) >= 11 is 0. The van der Waals surface area contributed by atoms with Crippen LogP contribution in [-0.4, -0.2) is 36.9 Å². The van der Waals surface area contributed by atoms with E-state index in [4.69, 9.17) is 18.9 Å². The van der Waals surface area contributed by atoms with Gasteiger partial charge in [-0.1, -0.05) is 6.08 Å². The average molecular weight is 198 g/mol. The molecule has 0 aromatic rings. The molecule has 76 valence electrons. The van der Waals surface area contributed by atoms with Gasteiger partial charge < -0.3 is 18.9 Å². The minimum Gasteiger partial charge on any atom is -0.424 e. The van der Waals surface area contributed by atoms with E-state index >= 15 is 0 Å². The summed E-state index contributed by atoms with van der Waals surface area (Å²) < 4.78 is 21.1. The Morgan fingerprint density at radius 3 is 3.21 bits per heavy atom. The molecule has 4 atom stereocenters. The molecule has 3 aliphatic heterocycles. The van der Waals surface area contributed by atoms with E-state index in [1.165, 1.54) is 0 Å². The highest BCUT2D eigenvalue weighted by Crippen LogP contribution is 2.47. The maximum Gasteiger partial charge on any atom is 0.509 e. The molecule has 3 saturated heterocycles. The number of rotatable bonds is 2. The van der Waals surface area contributed by atoms with Gasteiger partial charge in [0.15, 0.2) is 12.2 Å². The molecule has 2 bridgehead atoms. The quantitative estimate of drug-likeness (QED) is 0.480. The molecule has 0 unspecified atom stereocenters.